The predicted molar refractivity (Wildman–Crippen MR) is 90.3 cm³/mol. The molecular formula is C18H23NS. The molecular weight excluding hydrogens is 262 g/mol. The zero-order chi connectivity index (χ0) is 14.4. The fraction of sp³-hybridized carbons (Fsp3) is 0.333. The summed E-state index contributed by atoms with van der Waals surface area (Å²) < 4.78 is 0. The van der Waals surface area contributed by atoms with Crippen LogP contribution in [-0.4, -0.2) is 12.8 Å². The van der Waals surface area contributed by atoms with Crippen molar-refractivity contribution in [1.82, 2.24) is 5.32 Å². The molecule has 1 atom stereocenters. The van der Waals surface area contributed by atoms with Gasteiger partial charge >= 0.3 is 0 Å². The predicted octanol–water partition coefficient (Wildman–Crippen LogP) is 4.50. The van der Waals surface area contributed by atoms with Crippen molar-refractivity contribution in [2.45, 2.75) is 25.6 Å². The Kier molecular flexibility index (Phi) is 5.69. The van der Waals surface area contributed by atoms with E-state index in [9.17, 15) is 0 Å². The third-order valence-corrected chi connectivity index (χ3v) is 4.72. The molecule has 0 aliphatic heterocycles. The average Bonchev–Trinajstić information content (AvgIpc) is 2.47. The van der Waals surface area contributed by atoms with Gasteiger partial charge in [-0.05, 0) is 37.6 Å². The summed E-state index contributed by atoms with van der Waals surface area (Å²) in [7, 11) is 2.04. The molecule has 0 aliphatic carbocycles. The first-order valence-electron chi connectivity index (χ1n) is 7.07. The minimum atomic E-state index is 0.421. The van der Waals surface area contributed by atoms with Crippen molar-refractivity contribution in [2.75, 3.05) is 12.8 Å². The van der Waals surface area contributed by atoms with E-state index in [2.05, 4.69) is 67.7 Å². The summed E-state index contributed by atoms with van der Waals surface area (Å²) in [5, 5.41) is 3.42. The third-order valence-electron chi connectivity index (χ3n) is 3.63. The van der Waals surface area contributed by atoms with Gasteiger partial charge in [-0.1, -0.05) is 54.1 Å². The van der Waals surface area contributed by atoms with Crippen LogP contribution in [0.5, 0.6) is 0 Å². The van der Waals surface area contributed by atoms with Crippen LogP contribution in [-0.2, 0) is 5.75 Å². The van der Waals surface area contributed by atoms with Crippen LogP contribution in [0, 0.1) is 13.8 Å². The Labute approximate surface area is 126 Å². The maximum atomic E-state index is 3.42. The van der Waals surface area contributed by atoms with Gasteiger partial charge in [0.1, 0.15) is 0 Å². The molecule has 0 amide bonds. The minimum Gasteiger partial charge on any atom is -0.312 e. The highest BCUT2D eigenvalue weighted by molar-refractivity contribution is 7.98. The zero-order valence-corrected chi connectivity index (χ0v) is 13.3. The summed E-state index contributed by atoms with van der Waals surface area (Å²) in [4.78, 5) is 0. The maximum absolute atomic E-state index is 3.42. The van der Waals surface area contributed by atoms with Gasteiger partial charge in [0.05, 0.1) is 0 Å². The maximum Gasteiger partial charge on any atom is 0.0409 e. The first-order chi connectivity index (χ1) is 9.70. The molecule has 106 valence electrons. The molecule has 1 N–H and O–H groups in total. The van der Waals surface area contributed by atoms with Crippen LogP contribution in [0.3, 0.4) is 0 Å². The van der Waals surface area contributed by atoms with Crippen LogP contribution >= 0.6 is 11.8 Å². The molecule has 0 aliphatic rings. The van der Waals surface area contributed by atoms with Crippen molar-refractivity contribution in [3.05, 3.63) is 70.8 Å². The second-order valence-corrected chi connectivity index (χ2v) is 6.22. The molecule has 0 bridgehead atoms. The van der Waals surface area contributed by atoms with Crippen molar-refractivity contribution in [2.24, 2.45) is 0 Å². The minimum absolute atomic E-state index is 0.421. The van der Waals surface area contributed by atoms with Crippen LogP contribution in [0.1, 0.15) is 28.3 Å². The molecule has 0 heterocycles. The van der Waals surface area contributed by atoms with E-state index in [0.29, 0.717) is 6.04 Å². The molecule has 0 saturated carbocycles. The van der Waals surface area contributed by atoms with Gasteiger partial charge in [-0.3, -0.25) is 0 Å². The summed E-state index contributed by atoms with van der Waals surface area (Å²) in [6.45, 7) is 4.32. The molecule has 2 rings (SSSR count). The number of hydrogen-bond acceptors (Lipinski definition) is 2. The van der Waals surface area contributed by atoms with Gasteiger partial charge < -0.3 is 5.32 Å². The molecule has 2 aromatic rings. The highest BCUT2D eigenvalue weighted by Gasteiger charge is 2.09. The van der Waals surface area contributed by atoms with Gasteiger partial charge in [0, 0.05) is 17.5 Å². The van der Waals surface area contributed by atoms with Crippen LogP contribution < -0.4 is 5.32 Å². The molecule has 0 fully saturated rings. The molecule has 2 aromatic carbocycles. The molecule has 0 saturated heterocycles. The number of aryl methyl sites for hydroxylation is 2. The zero-order valence-electron chi connectivity index (χ0n) is 12.5. The molecule has 0 aromatic heterocycles. The Bertz CT molecular complexity index is 533. The fourth-order valence-corrected chi connectivity index (χ4v) is 3.46. The molecule has 0 spiro atoms. The Hall–Kier alpha value is -1.25. The van der Waals surface area contributed by atoms with Crippen molar-refractivity contribution < 1.29 is 0 Å². The van der Waals surface area contributed by atoms with E-state index in [4.69, 9.17) is 0 Å². The highest BCUT2D eigenvalue weighted by atomic mass is 32.2. The van der Waals surface area contributed by atoms with Gasteiger partial charge in [0.15, 0.2) is 0 Å². The lowest BCUT2D eigenvalue weighted by molar-refractivity contribution is 0.661. The number of nitrogens with one attached hydrogen (secondary N) is 1. The van der Waals surface area contributed by atoms with E-state index in [1.165, 1.54) is 22.3 Å². The Morgan fingerprint density at radius 2 is 1.70 bits per heavy atom. The summed E-state index contributed by atoms with van der Waals surface area (Å²) >= 11 is 1.99. The lowest BCUT2D eigenvalue weighted by Gasteiger charge is -2.17. The van der Waals surface area contributed by atoms with Gasteiger partial charge in [-0.25, -0.2) is 0 Å². The largest absolute Gasteiger partial charge is 0.312 e. The van der Waals surface area contributed by atoms with Gasteiger partial charge in [-0.2, -0.15) is 11.8 Å². The fourth-order valence-electron chi connectivity index (χ4n) is 2.20. The third kappa shape index (κ3) is 4.12. The standard InChI is InChI=1S/C18H23NS/c1-14-8-10-16(11-9-14)18(19-3)13-20-12-17-7-5-4-6-15(17)2/h4-11,18-19H,12-13H2,1-3H3. The number of hydrogen-bond donors (Lipinski definition) is 1. The Balaban J connectivity index is 1.91. The smallest absolute Gasteiger partial charge is 0.0409 e. The number of benzene rings is 2. The molecule has 20 heavy (non-hydrogen) atoms. The number of rotatable bonds is 6. The monoisotopic (exact) mass is 285 g/mol. The van der Waals surface area contributed by atoms with Crippen LogP contribution in [0.25, 0.3) is 0 Å². The molecule has 1 nitrogen and oxygen atoms in total. The van der Waals surface area contributed by atoms with E-state index in [-0.39, 0.29) is 0 Å². The number of thioether (sulfide) groups is 1. The Morgan fingerprint density at radius 1 is 1.00 bits per heavy atom. The van der Waals surface area contributed by atoms with Crippen LogP contribution in [0.15, 0.2) is 48.5 Å². The van der Waals surface area contributed by atoms with Gasteiger partial charge in [0.25, 0.3) is 0 Å². The van der Waals surface area contributed by atoms with Crippen molar-refractivity contribution >= 4 is 11.8 Å². The Morgan fingerprint density at radius 3 is 2.35 bits per heavy atom. The topological polar surface area (TPSA) is 12.0 Å². The summed E-state index contributed by atoms with van der Waals surface area (Å²) in [6.07, 6.45) is 0. The molecule has 1 unspecified atom stereocenters. The van der Waals surface area contributed by atoms with E-state index in [0.717, 1.165) is 11.5 Å². The highest BCUT2D eigenvalue weighted by Crippen LogP contribution is 2.22. The van der Waals surface area contributed by atoms with Crippen molar-refractivity contribution in [3.63, 3.8) is 0 Å². The first-order valence-corrected chi connectivity index (χ1v) is 8.22. The molecule has 0 radical (unpaired) electrons. The quantitative estimate of drug-likeness (QED) is 0.839. The van der Waals surface area contributed by atoms with E-state index in [1.54, 1.807) is 0 Å². The average molecular weight is 285 g/mol. The van der Waals surface area contributed by atoms with Crippen molar-refractivity contribution in [1.29, 1.82) is 0 Å². The second kappa shape index (κ2) is 7.51. The van der Waals surface area contributed by atoms with Crippen LogP contribution in [0.4, 0.5) is 0 Å². The summed E-state index contributed by atoms with van der Waals surface area (Å²) in [5.41, 5.74) is 5.51. The summed E-state index contributed by atoms with van der Waals surface area (Å²) in [6, 6.07) is 17.9. The van der Waals surface area contributed by atoms with Gasteiger partial charge in [0.2, 0.25) is 0 Å². The lowest BCUT2D eigenvalue weighted by atomic mass is 10.1. The van der Waals surface area contributed by atoms with E-state index < -0.39 is 0 Å². The SMILES string of the molecule is CNC(CSCc1ccccc1C)c1ccc(C)cc1. The van der Waals surface area contributed by atoms with E-state index >= 15 is 0 Å². The van der Waals surface area contributed by atoms with Crippen LogP contribution in [0.2, 0.25) is 0 Å². The van der Waals surface area contributed by atoms with E-state index in [1.807, 2.05) is 18.8 Å². The molecule has 2 heteroatoms. The van der Waals surface area contributed by atoms with Gasteiger partial charge in [-0.15, -0.1) is 0 Å². The normalized spacial score (nSPS) is 12.3. The second-order valence-electron chi connectivity index (χ2n) is 5.19. The lowest BCUT2D eigenvalue weighted by Crippen LogP contribution is -2.18. The van der Waals surface area contributed by atoms with Crippen molar-refractivity contribution in [3.8, 4) is 0 Å². The summed E-state index contributed by atoms with van der Waals surface area (Å²) in [5.74, 6) is 2.17. The first kappa shape index (κ1) is 15.1.